The van der Waals surface area contributed by atoms with E-state index in [1.54, 1.807) is 42.5 Å². The van der Waals surface area contributed by atoms with E-state index in [0.29, 0.717) is 26.8 Å². The van der Waals surface area contributed by atoms with E-state index in [1.165, 1.54) is 4.57 Å². The van der Waals surface area contributed by atoms with Crippen molar-refractivity contribution >= 4 is 51.6 Å². The zero-order valence-corrected chi connectivity index (χ0v) is 21.7. The minimum absolute atomic E-state index is 0.0868. The maximum Gasteiger partial charge on any atom is 0.332 e. The number of hydrogen-bond donors (Lipinski definition) is 2. The Morgan fingerprint density at radius 1 is 0.838 bits per heavy atom. The predicted octanol–water partition coefficient (Wildman–Crippen LogP) is 4.04. The second kappa shape index (κ2) is 11.0. The van der Waals surface area contributed by atoms with Crippen molar-refractivity contribution in [2.24, 2.45) is 0 Å². The third-order valence-corrected chi connectivity index (χ3v) is 6.56. The van der Waals surface area contributed by atoms with Gasteiger partial charge in [0.2, 0.25) is 11.8 Å². The molecule has 0 aliphatic rings. The number of amides is 2. The van der Waals surface area contributed by atoms with Crippen LogP contribution >= 0.6 is 23.2 Å². The van der Waals surface area contributed by atoms with Crippen LogP contribution in [0.4, 0.5) is 5.69 Å². The molecule has 190 valence electrons. The van der Waals surface area contributed by atoms with Gasteiger partial charge in [-0.2, -0.15) is 0 Å². The van der Waals surface area contributed by atoms with Gasteiger partial charge in [-0.15, -0.1) is 0 Å². The van der Waals surface area contributed by atoms with Gasteiger partial charge in [-0.1, -0.05) is 59.6 Å². The minimum atomic E-state index is -0.764. The molecule has 0 aliphatic carbocycles. The Balaban J connectivity index is 1.62. The Kier molecular flexibility index (Phi) is 7.80. The molecule has 37 heavy (non-hydrogen) atoms. The molecule has 4 aromatic rings. The Morgan fingerprint density at radius 3 is 2.22 bits per heavy atom. The zero-order chi connectivity index (χ0) is 26.7. The summed E-state index contributed by atoms with van der Waals surface area (Å²) in [5.41, 5.74) is 1.98. The SMILES string of the molecule is Cc1cccc(C)c1NC(=O)Cn1c(=O)n(CC(=O)NCc2ccc(Cl)cc2Cl)c(=O)c2ccccc21. The molecule has 0 aliphatic heterocycles. The molecule has 0 unspecified atom stereocenters. The standard InChI is InChI=1S/C27H24Cl2N4O4/c1-16-6-5-7-17(2)25(16)31-24(35)15-32-22-9-4-3-8-20(22)26(36)33(27(32)37)14-23(34)30-13-18-10-11-19(28)12-21(18)29/h3-12H,13-15H2,1-2H3,(H,30,34)(H,31,35). The van der Waals surface area contributed by atoms with Gasteiger partial charge in [-0.05, 0) is 54.8 Å². The van der Waals surface area contributed by atoms with Gasteiger partial charge in [0.1, 0.15) is 13.1 Å². The van der Waals surface area contributed by atoms with Crippen molar-refractivity contribution in [1.82, 2.24) is 14.5 Å². The van der Waals surface area contributed by atoms with E-state index in [-0.39, 0.29) is 18.5 Å². The quantitative estimate of drug-likeness (QED) is 0.370. The average molecular weight is 539 g/mol. The number of para-hydroxylation sites is 2. The van der Waals surface area contributed by atoms with Crippen LogP contribution in [0.15, 0.2) is 70.3 Å². The number of aryl methyl sites for hydroxylation is 2. The third kappa shape index (κ3) is 5.76. The molecule has 2 N–H and O–H groups in total. The molecule has 8 nitrogen and oxygen atoms in total. The lowest BCUT2D eigenvalue weighted by atomic mass is 10.1. The molecule has 10 heteroatoms. The van der Waals surface area contributed by atoms with Crippen LogP contribution in [-0.2, 0) is 29.2 Å². The lowest BCUT2D eigenvalue weighted by Gasteiger charge is -2.15. The average Bonchev–Trinajstić information content (AvgIpc) is 2.86. The topological polar surface area (TPSA) is 102 Å². The maximum absolute atomic E-state index is 13.4. The van der Waals surface area contributed by atoms with Gasteiger partial charge in [0, 0.05) is 22.3 Å². The van der Waals surface area contributed by atoms with E-state index >= 15 is 0 Å². The summed E-state index contributed by atoms with van der Waals surface area (Å²) in [5, 5.41) is 6.58. The molecule has 2 amide bonds. The molecule has 1 aromatic heterocycles. The summed E-state index contributed by atoms with van der Waals surface area (Å²) in [7, 11) is 0. The number of benzene rings is 3. The van der Waals surface area contributed by atoms with Gasteiger partial charge >= 0.3 is 5.69 Å². The smallest absolute Gasteiger partial charge is 0.332 e. The van der Waals surface area contributed by atoms with Crippen LogP contribution in [0, 0.1) is 13.8 Å². The fourth-order valence-electron chi connectivity index (χ4n) is 4.06. The van der Waals surface area contributed by atoms with E-state index < -0.39 is 29.6 Å². The van der Waals surface area contributed by atoms with E-state index in [1.807, 2.05) is 32.0 Å². The van der Waals surface area contributed by atoms with Crippen LogP contribution in [0.2, 0.25) is 10.0 Å². The first-order chi connectivity index (χ1) is 17.7. The molecular formula is C27H24Cl2N4O4. The largest absolute Gasteiger partial charge is 0.350 e. The first-order valence-corrected chi connectivity index (χ1v) is 12.2. The van der Waals surface area contributed by atoms with Gasteiger partial charge in [0.05, 0.1) is 10.9 Å². The summed E-state index contributed by atoms with van der Waals surface area (Å²) >= 11 is 12.1. The molecule has 0 radical (unpaired) electrons. The molecule has 0 atom stereocenters. The predicted molar refractivity (Wildman–Crippen MR) is 145 cm³/mol. The Labute approximate surface area is 222 Å². The summed E-state index contributed by atoms with van der Waals surface area (Å²) < 4.78 is 2.02. The highest BCUT2D eigenvalue weighted by molar-refractivity contribution is 6.35. The van der Waals surface area contributed by atoms with Gasteiger partial charge < -0.3 is 10.6 Å². The number of nitrogens with zero attached hydrogens (tertiary/aromatic N) is 2. The second-order valence-electron chi connectivity index (χ2n) is 8.60. The van der Waals surface area contributed by atoms with E-state index in [4.69, 9.17) is 23.2 Å². The van der Waals surface area contributed by atoms with Gasteiger partial charge in [0.15, 0.2) is 0 Å². The van der Waals surface area contributed by atoms with Crippen molar-refractivity contribution in [1.29, 1.82) is 0 Å². The van der Waals surface area contributed by atoms with Crippen molar-refractivity contribution in [3.05, 3.63) is 108 Å². The van der Waals surface area contributed by atoms with Gasteiger partial charge in [0.25, 0.3) is 5.56 Å². The molecule has 0 saturated heterocycles. The first-order valence-electron chi connectivity index (χ1n) is 11.4. The molecule has 0 saturated carbocycles. The van der Waals surface area contributed by atoms with E-state index in [9.17, 15) is 19.2 Å². The highest BCUT2D eigenvalue weighted by atomic mass is 35.5. The molecule has 1 heterocycles. The summed E-state index contributed by atoms with van der Waals surface area (Å²) in [6, 6.07) is 17.0. The number of carbonyl (C=O) groups is 2. The minimum Gasteiger partial charge on any atom is -0.350 e. The van der Waals surface area contributed by atoms with Crippen LogP contribution < -0.4 is 21.9 Å². The van der Waals surface area contributed by atoms with Crippen LogP contribution in [0.25, 0.3) is 10.9 Å². The number of rotatable bonds is 7. The van der Waals surface area contributed by atoms with Gasteiger partial charge in [-0.25, -0.2) is 4.79 Å². The Hall–Kier alpha value is -3.88. The van der Waals surface area contributed by atoms with E-state index in [0.717, 1.165) is 15.7 Å². The second-order valence-corrected chi connectivity index (χ2v) is 9.45. The summed E-state index contributed by atoms with van der Waals surface area (Å²) in [6.45, 7) is 2.98. The number of fused-ring (bicyclic) bond motifs is 1. The number of nitrogens with one attached hydrogen (secondary N) is 2. The lowest BCUT2D eigenvalue weighted by Crippen LogP contribution is -2.44. The number of aromatic nitrogens is 2. The van der Waals surface area contributed by atoms with Crippen LogP contribution in [0.1, 0.15) is 16.7 Å². The Morgan fingerprint density at radius 2 is 1.51 bits per heavy atom. The molecule has 4 rings (SSSR count). The lowest BCUT2D eigenvalue weighted by molar-refractivity contribution is -0.122. The fourth-order valence-corrected chi connectivity index (χ4v) is 4.53. The van der Waals surface area contributed by atoms with Crippen LogP contribution in [0.5, 0.6) is 0 Å². The third-order valence-electron chi connectivity index (χ3n) is 5.97. The molecule has 0 fully saturated rings. The monoisotopic (exact) mass is 538 g/mol. The molecule has 0 spiro atoms. The van der Waals surface area contributed by atoms with Crippen molar-refractivity contribution in [2.45, 2.75) is 33.5 Å². The van der Waals surface area contributed by atoms with Crippen molar-refractivity contribution < 1.29 is 9.59 Å². The fraction of sp³-hybridized carbons (Fsp3) is 0.185. The van der Waals surface area contributed by atoms with E-state index in [2.05, 4.69) is 10.6 Å². The molecular weight excluding hydrogens is 515 g/mol. The summed E-state index contributed by atoms with van der Waals surface area (Å²) in [6.07, 6.45) is 0. The highest BCUT2D eigenvalue weighted by Crippen LogP contribution is 2.21. The van der Waals surface area contributed by atoms with Gasteiger partial charge in [-0.3, -0.25) is 23.5 Å². The van der Waals surface area contributed by atoms with Crippen molar-refractivity contribution in [3.8, 4) is 0 Å². The Bertz CT molecular complexity index is 1620. The van der Waals surface area contributed by atoms with Crippen LogP contribution in [-0.4, -0.2) is 20.9 Å². The van der Waals surface area contributed by atoms with Crippen molar-refractivity contribution in [2.75, 3.05) is 5.32 Å². The highest BCUT2D eigenvalue weighted by Gasteiger charge is 2.18. The number of anilines is 1. The molecule has 0 bridgehead atoms. The normalized spacial score (nSPS) is 10.9. The van der Waals surface area contributed by atoms with Crippen LogP contribution in [0.3, 0.4) is 0 Å². The number of carbonyl (C=O) groups excluding carboxylic acids is 2. The maximum atomic E-state index is 13.4. The molecule has 3 aromatic carbocycles. The number of halogens is 2. The summed E-state index contributed by atoms with van der Waals surface area (Å²) in [4.78, 5) is 52.1. The first kappa shape index (κ1) is 26.2. The summed E-state index contributed by atoms with van der Waals surface area (Å²) in [5.74, 6) is -0.997. The zero-order valence-electron chi connectivity index (χ0n) is 20.2. The number of hydrogen-bond acceptors (Lipinski definition) is 4. The van der Waals surface area contributed by atoms with Crippen molar-refractivity contribution in [3.63, 3.8) is 0 Å².